The van der Waals surface area contributed by atoms with E-state index in [2.05, 4.69) is 15.6 Å². The van der Waals surface area contributed by atoms with Gasteiger partial charge >= 0.3 is 0 Å². The summed E-state index contributed by atoms with van der Waals surface area (Å²) in [6.07, 6.45) is 2.81. The van der Waals surface area contributed by atoms with Crippen LogP contribution in [0.3, 0.4) is 0 Å². The molecule has 0 bridgehead atoms. The van der Waals surface area contributed by atoms with Gasteiger partial charge in [-0.25, -0.2) is 4.98 Å². The fourth-order valence-corrected chi connectivity index (χ4v) is 2.94. The molecule has 4 rings (SSSR count). The second-order valence-electron chi connectivity index (χ2n) is 6.45. The SMILES string of the molecule is O=C(CCc1ccccc1)Nc1ccc(Nc2ccc3c(c2)OCCO3)cn1. The van der Waals surface area contributed by atoms with E-state index in [-0.39, 0.29) is 5.91 Å². The normalized spacial score (nSPS) is 12.3. The van der Waals surface area contributed by atoms with E-state index in [1.165, 1.54) is 0 Å². The first-order valence-corrected chi connectivity index (χ1v) is 9.23. The van der Waals surface area contributed by atoms with Gasteiger partial charge < -0.3 is 20.1 Å². The lowest BCUT2D eigenvalue weighted by molar-refractivity contribution is -0.116. The molecule has 28 heavy (non-hydrogen) atoms. The number of carbonyl (C=O) groups is 1. The van der Waals surface area contributed by atoms with Gasteiger partial charge in [0.25, 0.3) is 0 Å². The molecule has 2 heterocycles. The summed E-state index contributed by atoms with van der Waals surface area (Å²) >= 11 is 0. The van der Waals surface area contributed by atoms with Gasteiger partial charge in [-0.15, -0.1) is 0 Å². The van der Waals surface area contributed by atoms with Gasteiger partial charge in [0, 0.05) is 18.2 Å². The van der Waals surface area contributed by atoms with E-state index in [4.69, 9.17) is 9.47 Å². The van der Waals surface area contributed by atoms with Crippen LogP contribution in [-0.4, -0.2) is 24.1 Å². The number of aryl methyl sites for hydroxylation is 1. The zero-order chi connectivity index (χ0) is 19.2. The largest absolute Gasteiger partial charge is 0.486 e. The Morgan fingerprint density at radius 2 is 1.71 bits per heavy atom. The molecule has 142 valence electrons. The van der Waals surface area contributed by atoms with Crippen LogP contribution in [0, 0.1) is 0 Å². The molecule has 0 aliphatic carbocycles. The maximum Gasteiger partial charge on any atom is 0.225 e. The number of amides is 1. The number of benzene rings is 2. The highest BCUT2D eigenvalue weighted by Crippen LogP contribution is 2.33. The summed E-state index contributed by atoms with van der Waals surface area (Å²) in [5, 5.41) is 6.10. The molecule has 0 spiro atoms. The minimum absolute atomic E-state index is 0.0519. The zero-order valence-corrected chi connectivity index (χ0v) is 15.4. The van der Waals surface area contributed by atoms with Gasteiger partial charge in [0.1, 0.15) is 19.0 Å². The predicted octanol–water partition coefficient (Wildman–Crippen LogP) is 4.17. The second kappa shape index (κ2) is 8.43. The van der Waals surface area contributed by atoms with E-state index in [0.717, 1.165) is 28.4 Å². The number of nitrogens with zero attached hydrogens (tertiary/aromatic N) is 1. The summed E-state index contributed by atoms with van der Waals surface area (Å²) in [5.41, 5.74) is 2.84. The van der Waals surface area contributed by atoms with Crippen molar-refractivity contribution in [3.63, 3.8) is 0 Å². The maximum atomic E-state index is 12.1. The Labute approximate surface area is 163 Å². The Hall–Kier alpha value is -3.54. The van der Waals surface area contributed by atoms with Gasteiger partial charge in [0.2, 0.25) is 5.91 Å². The van der Waals surface area contributed by atoms with Gasteiger partial charge in [0.05, 0.1) is 11.9 Å². The van der Waals surface area contributed by atoms with E-state index in [9.17, 15) is 4.79 Å². The first kappa shape index (κ1) is 17.9. The standard InChI is InChI=1S/C22H21N3O3/c26-22(11-6-16-4-2-1-3-5-16)25-21-10-8-18(15-23-21)24-17-7-9-19-20(14-17)28-13-12-27-19/h1-5,7-10,14-15,24H,6,11-13H2,(H,23,25,26). The molecule has 1 amide bonds. The van der Waals surface area contributed by atoms with Crippen molar-refractivity contribution in [1.82, 2.24) is 4.98 Å². The molecule has 0 unspecified atom stereocenters. The Morgan fingerprint density at radius 1 is 0.929 bits per heavy atom. The van der Waals surface area contributed by atoms with Crippen molar-refractivity contribution < 1.29 is 14.3 Å². The average molecular weight is 375 g/mol. The summed E-state index contributed by atoms with van der Waals surface area (Å²) < 4.78 is 11.1. The molecule has 0 radical (unpaired) electrons. The van der Waals surface area contributed by atoms with Crippen LogP contribution in [-0.2, 0) is 11.2 Å². The van der Waals surface area contributed by atoms with E-state index in [1.54, 1.807) is 12.3 Å². The number of rotatable bonds is 6. The molecule has 2 N–H and O–H groups in total. The van der Waals surface area contributed by atoms with E-state index in [0.29, 0.717) is 31.9 Å². The van der Waals surface area contributed by atoms with Crippen molar-refractivity contribution in [2.45, 2.75) is 12.8 Å². The molecule has 0 fully saturated rings. The van der Waals surface area contributed by atoms with Crippen LogP contribution in [0.25, 0.3) is 0 Å². The molecule has 6 heteroatoms. The molecule has 0 saturated heterocycles. The minimum Gasteiger partial charge on any atom is -0.486 e. The van der Waals surface area contributed by atoms with Crippen LogP contribution < -0.4 is 20.1 Å². The van der Waals surface area contributed by atoms with Crippen molar-refractivity contribution in [1.29, 1.82) is 0 Å². The Bertz CT molecular complexity index is 943. The summed E-state index contributed by atoms with van der Waals surface area (Å²) in [7, 11) is 0. The summed E-state index contributed by atoms with van der Waals surface area (Å²) in [6, 6.07) is 19.3. The lowest BCUT2D eigenvalue weighted by Gasteiger charge is -2.19. The number of aromatic nitrogens is 1. The van der Waals surface area contributed by atoms with Gasteiger partial charge in [-0.05, 0) is 36.2 Å². The van der Waals surface area contributed by atoms with Gasteiger partial charge in [0.15, 0.2) is 11.5 Å². The lowest BCUT2D eigenvalue weighted by Crippen LogP contribution is -2.15. The smallest absolute Gasteiger partial charge is 0.225 e. The lowest BCUT2D eigenvalue weighted by atomic mass is 10.1. The minimum atomic E-state index is -0.0519. The zero-order valence-electron chi connectivity index (χ0n) is 15.4. The molecule has 1 aliphatic rings. The topological polar surface area (TPSA) is 72.5 Å². The number of anilines is 3. The molecule has 0 saturated carbocycles. The Balaban J connectivity index is 1.31. The number of ether oxygens (including phenoxy) is 2. The highest BCUT2D eigenvalue weighted by Gasteiger charge is 2.12. The maximum absolute atomic E-state index is 12.1. The summed E-state index contributed by atoms with van der Waals surface area (Å²) in [4.78, 5) is 16.4. The third kappa shape index (κ3) is 4.59. The fourth-order valence-electron chi connectivity index (χ4n) is 2.94. The first-order valence-electron chi connectivity index (χ1n) is 9.23. The molecule has 3 aromatic rings. The van der Waals surface area contributed by atoms with Crippen LogP contribution in [0.2, 0.25) is 0 Å². The van der Waals surface area contributed by atoms with Crippen molar-refractivity contribution in [2.75, 3.05) is 23.8 Å². The van der Waals surface area contributed by atoms with E-state index >= 15 is 0 Å². The van der Waals surface area contributed by atoms with Crippen LogP contribution in [0.15, 0.2) is 66.9 Å². The van der Waals surface area contributed by atoms with Crippen molar-refractivity contribution in [3.8, 4) is 11.5 Å². The molecule has 1 aliphatic heterocycles. The summed E-state index contributed by atoms with van der Waals surface area (Å²) in [5.74, 6) is 1.96. The Morgan fingerprint density at radius 3 is 2.50 bits per heavy atom. The highest BCUT2D eigenvalue weighted by molar-refractivity contribution is 5.90. The third-order valence-corrected chi connectivity index (χ3v) is 4.35. The molecular weight excluding hydrogens is 354 g/mol. The van der Waals surface area contributed by atoms with Gasteiger partial charge in [-0.1, -0.05) is 30.3 Å². The number of nitrogens with one attached hydrogen (secondary N) is 2. The van der Waals surface area contributed by atoms with Crippen molar-refractivity contribution >= 4 is 23.1 Å². The predicted molar refractivity (Wildman–Crippen MR) is 108 cm³/mol. The van der Waals surface area contributed by atoms with E-state index < -0.39 is 0 Å². The number of hydrogen-bond acceptors (Lipinski definition) is 5. The fraction of sp³-hybridized carbons (Fsp3) is 0.182. The number of hydrogen-bond donors (Lipinski definition) is 2. The monoisotopic (exact) mass is 375 g/mol. The van der Waals surface area contributed by atoms with Gasteiger partial charge in [-0.2, -0.15) is 0 Å². The molecule has 6 nitrogen and oxygen atoms in total. The van der Waals surface area contributed by atoms with Crippen LogP contribution >= 0.6 is 0 Å². The second-order valence-corrected chi connectivity index (χ2v) is 6.45. The Kier molecular flexibility index (Phi) is 5.38. The summed E-state index contributed by atoms with van der Waals surface area (Å²) in [6.45, 7) is 1.12. The van der Waals surface area contributed by atoms with Crippen molar-refractivity contribution in [2.24, 2.45) is 0 Å². The highest BCUT2D eigenvalue weighted by atomic mass is 16.6. The van der Waals surface area contributed by atoms with Crippen molar-refractivity contribution in [3.05, 3.63) is 72.4 Å². The van der Waals surface area contributed by atoms with Crippen LogP contribution in [0.5, 0.6) is 11.5 Å². The van der Waals surface area contributed by atoms with Crippen LogP contribution in [0.1, 0.15) is 12.0 Å². The quantitative estimate of drug-likeness (QED) is 0.677. The molecule has 1 aromatic heterocycles. The van der Waals surface area contributed by atoms with Crippen LogP contribution in [0.4, 0.5) is 17.2 Å². The molecule has 0 atom stereocenters. The first-order chi connectivity index (χ1) is 13.8. The molecular formula is C22H21N3O3. The number of fused-ring (bicyclic) bond motifs is 1. The number of carbonyl (C=O) groups excluding carboxylic acids is 1. The average Bonchev–Trinajstić information content (AvgIpc) is 2.74. The molecule has 2 aromatic carbocycles. The van der Waals surface area contributed by atoms with E-state index in [1.807, 2.05) is 54.6 Å². The third-order valence-electron chi connectivity index (χ3n) is 4.35. The van der Waals surface area contributed by atoms with Gasteiger partial charge in [-0.3, -0.25) is 4.79 Å². The number of pyridine rings is 1.